The van der Waals surface area contributed by atoms with E-state index in [0.717, 1.165) is 23.6 Å². The number of benzene rings is 2. The summed E-state index contributed by atoms with van der Waals surface area (Å²) in [5.41, 5.74) is 0.523. The van der Waals surface area contributed by atoms with E-state index in [4.69, 9.17) is 4.74 Å². The number of carbonyl (C=O) groups is 1. The van der Waals surface area contributed by atoms with Gasteiger partial charge in [-0.3, -0.25) is 0 Å². The average Bonchev–Trinajstić information content (AvgIpc) is 2.80. The van der Waals surface area contributed by atoms with Crippen LogP contribution < -0.4 is 0 Å². The minimum atomic E-state index is -0.258. The summed E-state index contributed by atoms with van der Waals surface area (Å²) in [6, 6.07) is 14.9. The first-order valence-electron chi connectivity index (χ1n) is 12.9. The molecule has 2 aromatic carbocycles. The van der Waals surface area contributed by atoms with Crippen LogP contribution in [0.15, 0.2) is 36.4 Å². The molecule has 0 saturated carbocycles. The highest BCUT2D eigenvalue weighted by Crippen LogP contribution is 2.16. The normalized spacial score (nSPS) is 11.1. The summed E-state index contributed by atoms with van der Waals surface area (Å²) in [4.78, 5) is 12.2. The third-order valence-corrected chi connectivity index (χ3v) is 6.11. The number of unbranched alkanes of at least 4 members (excludes halogenated alkanes) is 15. The van der Waals surface area contributed by atoms with E-state index in [1.54, 1.807) is 6.07 Å². The quantitative estimate of drug-likeness (QED) is 0.176. The topological polar surface area (TPSA) is 26.3 Å². The van der Waals surface area contributed by atoms with Crippen molar-refractivity contribution in [2.75, 3.05) is 6.61 Å². The first kappa shape index (κ1) is 25.4. The summed E-state index contributed by atoms with van der Waals surface area (Å²) >= 11 is 0. The highest BCUT2D eigenvalue weighted by Gasteiger charge is 2.08. The Morgan fingerprint density at radius 2 is 1.19 bits per heavy atom. The first-order chi connectivity index (χ1) is 15.3. The van der Waals surface area contributed by atoms with Gasteiger partial charge in [-0.1, -0.05) is 134 Å². The van der Waals surface area contributed by atoms with E-state index in [-0.39, 0.29) is 5.97 Å². The van der Waals surface area contributed by atoms with Crippen LogP contribution in [0.25, 0.3) is 10.8 Å². The molecule has 0 atom stereocenters. The van der Waals surface area contributed by atoms with Gasteiger partial charge in [0.25, 0.3) is 0 Å². The summed E-state index contributed by atoms with van der Waals surface area (Å²) in [5, 5.41) is 2.05. The molecule has 2 heteroatoms. The minimum Gasteiger partial charge on any atom is -0.462 e. The van der Waals surface area contributed by atoms with Gasteiger partial charge in [0, 0.05) is 6.07 Å². The lowest BCUT2D eigenvalue weighted by atomic mass is 10.0. The molecule has 0 fully saturated rings. The van der Waals surface area contributed by atoms with E-state index in [1.807, 2.05) is 30.3 Å². The molecule has 0 amide bonds. The maximum atomic E-state index is 12.2. The Labute approximate surface area is 190 Å². The largest absolute Gasteiger partial charge is 0.462 e. The Bertz CT molecular complexity index is 722. The van der Waals surface area contributed by atoms with E-state index >= 15 is 0 Å². The molecule has 1 radical (unpaired) electrons. The van der Waals surface area contributed by atoms with Gasteiger partial charge in [-0.05, 0) is 23.3 Å². The third-order valence-electron chi connectivity index (χ3n) is 6.11. The molecule has 0 bridgehead atoms. The standard InChI is InChI=1S/C29H43O2/c1-2-3-4-5-6-7-8-9-10-11-12-13-14-15-16-19-24-31-29(30)28-23-22-26-20-17-18-21-27(26)25-28/h17-18,20-23H,2-16,19,24H2,1H3. The zero-order chi connectivity index (χ0) is 22.0. The van der Waals surface area contributed by atoms with Crippen LogP contribution >= 0.6 is 0 Å². The van der Waals surface area contributed by atoms with Crippen LogP contribution in [-0.4, -0.2) is 12.6 Å². The van der Waals surface area contributed by atoms with Gasteiger partial charge in [0.15, 0.2) is 0 Å². The molecule has 0 aliphatic carbocycles. The Morgan fingerprint density at radius 1 is 0.677 bits per heavy atom. The Hall–Kier alpha value is -1.83. The van der Waals surface area contributed by atoms with Crippen LogP contribution in [-0.2, 0) is 4.74 Å². The zero-order valence-corrected chi connectivity index (χ0v) is 19.8. The second-order valence-electron chi connectivity index (χ2n) is 8.90. The van der Waals surface area contributed by atoms with Gasteiger partial charge >= 0.3 is 5.97 Å². The lowest BCUT2D eigenvalue weighted by Crippen LogP contribution is -2.06. The molecule has 0 unspecified atom stereocenters. The SMILES string of the molecule is CCCCCCCCCCCCCCCCCCOC(=O)c1[c]c2ccccc2cc1. The fraction of sp³-hybridized carbons (Fsp3) is 0.621. The molecule has 0 spiro atoms. The summed E-state index contributed by atoms with van der Waals surface area (Å²) in [5.74, 6) is -0.258. The molecule has 2 nitrogen and oxygen atoms in total. The number of ether oxygens (including phenoxy) is 1. The smallest absolute Gasteiger partial charge is 0.338 e. The van der Waals surface area contributed by atoms with Crippen LogP contribution in [0, 0.1) is 6.07 Å². The molecule has 2 aromatic rings. The lowest BCUT2D eigenvalue weighted by Gasteiger charge is -2.06. The van der Waals surface area contributed by atoms with Crippen molar-refractivity contribution in [1.29, 1.82) is 0 Å². The zero-order valence-electron chi connectivity index (χ0n) is 19.8. The number of carbonyl (C=O) groups excluding carboxylic acids is 1. The Kier molecular flexibility index (Phi) is 13.8. The van der Waals surface area contributed by atoms with E-state index in [9.17, 15) is 4.79 Å². The molecule has 2 rings (SSSR count). The van der Waals surface area contributed by atoms with E-state index in [2.05, 4.69) is 13.0 Å². The number of esters is 1. The second kappa shape index (κ2) is 16.8. The van der Waals surface area contributed by atoms with E-state index < -0.39 is 0 Å². The van der Waals surface area contributed by atoms with Crippen LogP contribution in [0.2, 0.25) is 0 Å². The summed E-state index contributed by atoms with van der Waals surface area (Å²) in [6.07, 6.45) is 21.6. The van der Waals surface area contributed by atoms with Crippen molar-refractivity contribution in [3.63, 3.8) is 0 Å². The van der Waals surface area contributed by atoms with Crippen molar-refractivity contribution < 1.29 is 9.53 Å². The lowest BCUT2D eigenvalue weighted by molar-refractivity contribution is 0.0497. The second-order valence-corrected chi connectivity index (χ2v) is 8.90. The minimum absolute atomic E-state index is 0.258. The first-order valence-corrected chi connectivity index (χ1v) is 12.9. The Morgan fingerprint density at radius 3 is 1.77 bits per heavy atom. The van der Waals surface area contributed by atoms with Crippen molar-refractivity contribution >= 4 is 16.7 Å². The molecule has 0 heterocycles. The molecular weight excluding hydrogens is 380 g/mol. The van der Waals surface area contributed by atoms with Gasteiger partial charge in [-0.2, -0.15) is 0 Å². The van der Waals surface area contributed by atoms with Gasteiger partial charge in [0.2, 0.25) is 0 Å². The summed E-state index contributed by atoms with van der Waals surface area (Å²) in [6.45, 7) is 2.79. The molecule has 171 valence electrons. The molecule has 0 aliphatic rings. The molecule has 0 saturated heterocycles. The van der Waals surface area contributed by atoms with Crippen LogP contribution in [0.3, 0.4) is 0 Å². The third kappa shape index (κ3) is 11.4. The van der Waals surface area contributed by atoms with Crippen molar-refractivity contribution in [1.82, 2.24) is 0 Å². The summed E-state index contributed by atoms with van der Waals surface area (Å²) < 4.78 is 5.43. The van der Waals surface area contributed by atoms with Gasteiger partial charge in [-0.15, -0.1) is 0 Å². The number of hydrogen-bond donors (Lipinski definition) is 0. The fourth-order valence-electron chi connectivity index (χ4n) is 4.13. The van der Waals surface area contributed by atoms with E-state index in [1.165, 1.54) is 89.9 Å². The van der Waals surface area contributed by atoms with Gasteiger partial charge < -0.3 is 4.74 Å². The van der Waals surface area contributed by atoms with Crippen molar-refractivity contribution in [3.8, 4) is 0 Å². The molecular formula is C29H43O2. The number of hydrogen-bond acceptors (Lipinski definition) is 2. The van der Waals surface area contributed by atoms with Crippen molar-refractivity contribution in [3.05, 3.63) is 48.0 Å². The Balaban J connectivity index is 1.37. The monoisotopic (exact) mass is 423 g/mol. The van der Waals surface area contributed by atoms with Gasteiger partial charge in [-0.25, -0.2) is 4.79 Å². The van der Waals surface area contributed by atoms with Crippen molar-refractivity contribution in [2.45, 2.75) is 110 Å². The maximum absolute atomic E-state index is 12.2. The van der Waals surface area contributed by atoms with Crippen LogP contribution in [0.5, 0.6) is 0 Å². The molecule has 0 aliphatic heterocycles. The predicted octanol–water partition coefficient (Wildman–Crippen LogP) is 9.06. The highest BCUT2D eigenvalue weighted by molar-refractivity contribution is 5.94. The molecule has 0 aromatic heterocycles. The van der Waals surface area contributed by atoms with E-state index in [0.29, 0.717) is 12.2 Å². The number of rotatable bonds is 18. The van der Waals surface area contributed by atoms with Gasteiger partial charge in [0.1, 0.15) is 0 Å². The van der Waals surface area contributed by atoms with Crippen LogP contribution in [0.4, 0.5) is 0 Å². The molecule has 0 N–H and O–H groups in total. The molecule has 31 heavy (non-hydrogen) atoms. The average molecular weight is 424 g/mol. The maximum Gasteiger partial charge on any atom is 0.338 e. The van der Waals surface area contributed by atoms with Crippen LogP contribution in [0.1, 0.15) is 120 Å². The van der Waals surface area contributed by atoms with Gasteiger partial charge in [0.05, 0.1) is 12.2 Å². The summed E-state index contributed by atoms with van der Waals surface area (Å²) in [7, 11) is 0. The van der Waals surface area contributed by atoms with Crippen molar-refractivity contribution in [2.24, 2.45) is 0 Å². The predicted molar refractivity (Wildman–Crippen MR) is 133 cm³/mol. The highest BCUT2D eigenvalue weighted by atomic mass is 16.5. The fourth-order valence-corrected chi connectivity index (χ4v) is 4.13. The number of fused-ring (bicyclic) bond motifs is 1.